The first-order chi connectivity index (χ1) is 12.4. The number of aryl methyl sites for hydroxylation is 2. The quantitative estimate of drug-likeness (QED) is 0.867. The molecule has 2 N–H and O–H groups in total. The summed E-state index contributed by atoms with van der Waals surface area (Å²) in [5, 5.41) is 5.80. The van der Waals surface area contributed by atoms with E-state index in [1.807, 2.05) is 32.0 Å². The van der Waals surface area contributed by atoms with E-state index < -0.39 is 17.3 Å². The van der Waals surface area contributed by atoms with Gasteiger partial charge in [-0.25, -0.2) is 4.39 Å². The molecule has 26 heavy (non-hydrogen) atoms. The molecule has 2 amide bonds. The van der Waals surface area contributed by atoms with Gasteiger partial charge in [0.1, 0.15) is 11.4 Å². The lowest BCUT2D eigenvalue weighted by molar-refractivity contribution is -0.122. The average Bonchev–Trinajstić information content (AvgIpc) is 3.08. The molecular weight excluding hydrogens is 331 g/mol. The highest BCUT2D eigenvalue weighted by atomic mass is 19.1. The number of halogens is 1. The molecule has 0 aliphatic heterocycles. The number of hydrogen-bond donors (Lipinski definition) is 2. The third kappa shape index (κ3) is 3.47. The summed E-state index contributed by atoms with van der Waals surface area (Å²) >= 11 is 0. The number of rotatable bonds is 4. The molecule has 2 aromatic rings. The van der Waals surface area contributed by atoms with Gasteiger partial charge >= 0.3 is 0 Å². The maximum absolute atomic E-state index is 13.9. The maximum atomic E-state index is 13.9. The Kier molecular flexibility index (Phi) is 5.07. The van der Waals surface area contributed by atoms with Gasteiger partial charge in [0.05, 0.1) is 5.56 Å². The first-order valence-corrected chi connectivity index (χ1v) is 8.88. The van der Waals surface area contributed by atoms with Crippen LogP contribution in [0.25, 0.3) is 0 Å². The molecule has 1 aliphatic carbocycles. The van der Waals surface area contributed by atoms with Gasteiger partial charge in [-0.3, -0.25) is 9.59 Å². The number of hydrogen-bond acceptors (Lipinski definition) is 2. The van der Waals surface area contributed by atoms with E-state index in [-0.39, 0.29) is 11.5 Å². The number of carbonyl (C=O) groups is 2. The Labute approximate surface area is 152 Å². The van der Waals surface area contributed by atoms with Crippen molar-refractivity contribution >= 4 is 17.5 Å². The monoisotopic (exact) mass is 354 g/mol. The lowest BCUT2D eigenvalue weighted by Gasteiger charge is -2.29. The van der Waals surface area contributed by atoms with Crippen LogP contribution in [0.2, 0.25) is 0 Å². The van der Waals surface area contributed by atoms with Gasteiger partial charge in [-0.2, -0.15) is 0 Å². The number of carbonyl (C=O) groups excluding carboxylic acids is 2. The van der Waals surface area contributed by atoms with Gasteiger partial charge in [0.15, 0.2) is 0 Å². The molecule has 0 atom stereocenters. The third-order valence-electron chi connectivity index (χ3n) is 5.08. The fourth-order valence-electron chi connectivity index (χ4n) is 3.56. The van der Waals surface area contributed by atoms with Gasteiger partial charge in [-0.15, -0.1) is 0 Å². The largest absolute Gasteiger partial charge is 0.338 e. The Bertz CT molecular complexity index is 821. The maximum Gasteiger partial charge on any atom is 0.255 e. The second kappa shape index (κ2) is 7.28. The van der Waals surface area contributed by atoms with Crippen molar-refractivity contribution in [1.29, 1.82) is 0 Å². The van der Waals surface area contributed by atoms with E-state index >= 15 is 0 Å². The highest BCUT2D eigenvalue weighted by Crippen LogP contribution is 2.32. The minimum Gasteiger partial charge on any atom is -0.338 e. The first-order valence-electron chi connectivity index (χ1n) is 8.88. The van der Waals surface area contributed by atoms with Crippen LogP contribution in [0.4, 0.5) is 10.1 Å². The highest BCUT2D eigenvalue weighted by Gasteiger charge is 2.43. The van der Waals surface area contributed by atoms with E-state index in [1.165, 1.54) is 18.2 Å². The molecule has 1 aliphatic rings. The molecule has 2 aromatic carbocycles. The van der Waals surface area contributed by atoms with Crippen molar-refractivity contribution in [1.82, 2.24) is 5.32 Å². The summed E-state index contributed by atoms with van der Waals surface area (Å²) in [6.45, 7) is 3.86. The van der Waals surface area contributed by atoms with Gasteiger partial charge < -0.3 is 10.6 Å². The molecule has 0 radical (unpaired) electrons. The van der Waals surface area contributed by atoms with E-state index in [0.717, 1.165) is 29.7 Å². The van der Waals surface area contributed by atoms with Crippen LogP contribution < -0.4 is 10.6 Å². The molecule has 5 heteroatoms. The zero-order valence-corrected chi connectivity index (χ0v) is 15.1. The fourth-order valence-corrected chi connectivity index (χ4v) is 3.56. The fraction of sp³-hybridized carbons (Fsp3) is 0.333. The molecule has 1 fully saturated rings. The van der Waals surface area contributed by atoms with E-state index in [9.17, 15) is 14.0 Å². The van der Waals surface area contributed by atoms with Crippen molar-refractivity contribution in [2.45, 2.75) is 45.1 Å². The Morgan fingerprint density at radius 1 is 0.962 bits per heavy atom. The number of para-hydroxylation sites is 1. The summed E-state index contributed by atoms with van der Waals surface area (Å²) in [6, 6.07) is 11.6. The SMILES string of the molecule is Cc1cccc(C)c1NC(=O)C1(NC(=O)c2ccccc2F)CCCC1. The molecule has 0 bridgehead atoms. The van der Waals surface area contributed by atoms with E-state index in [0.29, 0.717) is 12.8 Å². The standard InChI is InChI=1S/C21H23FN2O2/c1-14-8-7-9-15(2)18(14)23-20(26)21(12-5-6-13-21)24-19(25)16-10-3-4-11-17(16)22/h3-4,7-11H,5-6,12-13H2,1-2H3,(H,23,26)(H,24,25). The first kappa shape index (κ1) is 18.1. The van der Waals surface area contributed by atoms with Crippen molar-refractivity contribution in [2.24, 2.45) is 0 Å². The molecule has 0 heterocycles. The topological polar surface area (TPSA) is 58.2 Å². The van der Waals surface area contributed by atoms with Crippen LogP contribution in [0.15, 0.2) is 42.5 Å². The van der Waals surface area contributed by atoms with Crippen LogP contribution in [-0.2, 0) is 4.79 Å². The lowest BCUT2D eigenvalue weighted by atomic mass is 9.94. The molecule has 4 nitrogen and oxygen atoms in total. The molecule has 0 aromatic heterocycles. The second-order valence-electron chi connectivity index (χ2n) is 6.94. The molecule has 0 spiro atoms. The number of amides is 2. The van der Waals surface area contributed by atoms with Crippen molar-refractivity contribution in [2.75, 3.05) is 5.32 Å². The summed E-state index contributed by atoms with van der Waals surface area (Å²) < 4.78 is 13.9. The summed E-state index contributed by atoms with van der Waals surface area (Å²) in [5.41, 5.74) is 1.65. The predicted molar refractivity (Wildman–Crippen MR) is 99.6 cm³/mol. The van der Waals surface area contributed by atoms with Crippen molar-refractivity contribution < 1.29 is 14.0 Å². The normalized spacial score (nSPS) is 15.5. The summed E-state index contributed by atoms with van der Waals surface area (Å²) in [4.78, 5) is 25.7. The van der Waals surface area contributed by atoms with E-state index in [4.69, 9.17) is 0 Å². The number of nitrogens with one attached hydrogen (secondary N) is 2. The minimum atomic E-state index is -1.01. The third-order valence-corrected chi connectivity index (χ3v) is 5.08. The Morgan fingerprint density at radius 3 is 2.19 bits per heavy atom. The van der Waals surface area contributed by atoms with Crippen LogP contribution in [0.3, 0.4) is 0 Å². The van der Waals surface area contributed by atoms with Gasteiger partial charge in [-0.05, 0) is 49.9 Å². The van der Waals surface area contributed by atoms with Gasteiger partial charge in [0, 0.05) is 5.69 Å². The Morgan fingerprint density at radius 2 is 1.58 bits per heavy atom. The van der Waals surface area contributed by atoms with Crippen LogP contribution in [-0.4, -0.2) is 17.4 Å². The molecular formula is C21H23FN2O2. The van der Waals surface area contributed by atoms with Crippen LogP contribution in [0.5, 0.6) is 0 Å². The molecule has 3 rings (SSSR count). The molecule has 0 saturated heterocycles. The van der Waals surface area contributed by atoms with Crippen molar-refractivity contribution in [3.8, 4) is 0 Å². The van der Waals surface area contributed by atoms with Crippen LogP contribution in [0.1, 0.15) is 47.2 Å². The number of benzene rings is 2. The summed E-state index contributed by atoms with van der Waals surface area (Å²) in [6.07, 6.45) is 2.78. The molecule has 136 valence electrons. The molecule has 0 unspecified atom stereocenters. The van der Waals surface area contributed by atoms with Crippen LogP contribution in [0, 0.1) is 19.7 Å². The number of anilines is 1. The smallest absolute Gasteiger partial charge is 0.255 e. The average molecular weight is 354 g/mol. The van der Waals surface area contributed by atoms with Gasteiger partial charge in [0.2, 0.25) is 5.91 Å². The summed E-state index contributed by atoms with van der Waals surface area (Å²) in [5.74, 6) is -1.38. The van der Waals surface area contributed by atoms with E-state index in [1.54, 1.807) is 6.07 Å². The van der Waals surface area contributed by atoms with Gasteiger partial charge in [0.25, 0.3) is 5.91 Å². The lowest BCUT2D eigenvalue weighted by Crippen LogP contribution is -2.55. The zero-order valence-electron chi connectivity index (χ0n) is 15.1. The van der Waals surface area contributed by atoms with Crippen molar-refractivity contribution in [3.63, 3.8) is 0 Å². The second-order valence-corrected chi connectivity index (χ2v) is 6.94. The van der Waals surface area contributed by atoms with Crippen LogP contribution >= 0.6 is 0 Å². The Balaban J connectivity index is 1.85. The molecule has 1 saturated carbocycles. The minimum absolute atomic E-state index is 0.0429. The Hall–Kier alpha value is -2.69. The summed E-state index contributed by atoms with van der Waals surface area (Å²) in [7, 11) is 0. The highest BCUT2D eigenvalue weighted by molar-refractivity contribution is 6.04. The van der Waals surface area contributed by atoms with Gasteiger partial charge in [-0.1, -0.05) is 43.2 Å². The zero-order chi connectivity index (χ0) is 18.7. The van der Waals surface area contributed by atoms with E-state index in [2.05, 4.69) is 10.6 Å². The van der Waals surface area contributed by atoms with Crippen molar-refractivity contribution in [3.05, 3.63) is 65.0 Å². The predicted octanol–water partition coefficient (Wildman–Crippen LogP) is 4.12.